The number of pyridine rings is 2. The Labute approximate surface area is 228 Å². The van der Waals surface area contributed by atoms with Crippen molar-refractivity contribution in [1.82, 2.24) is 34.8 Å². The number of ether oxygens (including phenoxy) is 1. The van der Waals surface area contributed by atoms with E-state index in [2.05, 4.69) is 25.6 Å². The Balaban J connectivity index is 1.37. The average molecular weight is 573 g/mol. The van der Waals surface area contributed by atoms with E-state index < -0.39 is 26.2 Å². The first-order valence-corrected chi connectivity index (χ1v) is 13.7. The van der Waals surface area contributed by atoms with Gasteiger partial charge in [-0.3, -0.25) is 18.6 Å². The smallest absolute Gasteiger partial charge is 0.263 e. The van der Waals surface area contributed by atoms with E-state index in [1.807, 2.05) is 0 Å². The molecule has 5 rings (SSSR count). The van der Waals surface area contributed by atoms with E-state index in [9.17, 15) is 18.0 Å². The van der Waals surface area contributed by atoms with E-state index in [1.165, 1.54) is 41.8 Å². The number of rotatable bonds is 9. The van der Waals surface area contributed by atoms with Gasteiger partial charge in [0, 0.05) is 51.5 Å². The fourth-order valence-corrected chi connectivity index (χ4v) is 6.03. The number of halogens is 1. The third-order valence-corrected chi connectivity index (χ3v) is 9.44. The highest BCUT2D eigenvalue weighted by Gasteiger charge is 2.57. The standard InChI is InChI=1S/C24H25ClN8O5S/c1-31-9-6-19(30-31)33(3)39(36,37)24(7-8-24)14-38-22-20-16(13-28-29-22)10-17(23(35)32(20)2)21(34)27-12-15-4-5-18(25)26-11-15/h4-6,9-11,13H,7-8,12,14H2,1-3H3,(H,27,34). The third-order valence-electron chi connectivity index (χ3n) is 6.69. The van der Waals surface area contributed by atoms with Crippen molar-refractivity contribution in [1.29, 1.82) is 0 Å². The molecule has 13 nitrogen and oxygen atoms in total. The molecule has 1 saturated carbocycles. The van der Waals surface area contributed by atoms with Crippen LogP contribution in [0.1, 0.15) is 28.8 Å². The summed E-state index contributed by atoms with van der Waals surface area (Å²) in [5.41, 5.74) is 0.337. The van der Waals surface area contributed by atoms with Crippen LogP contribution < -0.4 is 19.9 Å². The molecule has 1 amide bonds. The van der Waals surface area contributed by atoms with Gasteiger partial charge in [-0.2, -0.15) is 10.2 Å². The molecule has 0 aromatic carbocycles. The minimum absolute atomic E-state index is 0.00624. The van der Waals surface area contributed by atoms with E-state index in [0.29, 0.717) is 40.3 Å². The summed E-state index contributed by atoms with van der Waals surface area (Å²) in [5.74, 6) is -0.283. The molecular formula is C24H25ClN8O5S. The molecule has 15 heteroatoms. The molecule has 0 bridgehead atoms. The summed E-state index contributed by atoms with van der Waals surface area (Å²) < 4.78 is 35.4. The van der Waals surface area contributed by atoms with E-state index in [1.54, 1.807) is 31.4 Å². The zero-order valence-corrected chi connectivity index (χ0v) is 22.9. The quantitative estimate of drug-likeness (QED) is 0.293. The van der Waals surface area contributed by atoms with E-state index in [-0.39, 0.29) is 24.6 Å². The Morgan fingerprint density at radius 2 is 2.00 bits per heavy atom. The Morgan fingerprint density at radius 3 is 2.64 bits per heavy atom. The number of aryl methyl sites for hydroxylation is 2. The molecule has 4 aromatic rings. The van der Waals surface area contributed by atoms with Crippen LogP contribution in [0.2, 0.25) is 5.15 Å². The molecule has 0 atom stereocenters. The molecule has 0 unspecified atom stereocenters. The highest BCUT2D eigenvalue weighted by molar-refractivity contribution is 7.94. The summed E-state index contributed by atoms with van der Waals surface area (Å²) in [7, 11) is 0.834. The summed E-state index contributed by atoms with van der Waals surface area (Å²) in [4.78, 5) is 29.9. The second-order valence-corrected chi connectivity index (χ2v) is 12.1. The highest BCUT2D eigenvalue weighted by Crippen LogP contribution is 2.46. The molecule has 1 fully saturated rings. The van der Waals surface area contributed by atoms with Crippen molar-refractivity contribution in [3.63, 3.8) is 0 Å². The van der Waals surface area contributed by atoms with Crippen molar-refractivity contribution in [2.45, 2.75) is 24.1 Å². The molecule has 1 aliphatic carbocycles. The molecule has 39 heavy (non-hydrogen) atoms. The fraction of sp³-hybridized carbons (Fsp3) is 0.333. The molecule has 0 radical (unpaired) electrons. The first kappa shape index (κ1) is 26.6. The lowest BCUT2D eigenvalue weighted by Crippen LogP contribution is -2.41. The second kappa shape index (κ2) is 9.93. The lowest BCUT2D eigenvalue weighted by Gasteiger charge is -2.24. The Morgan fingerprint density at radius 1 is 1.23 bits per heavy atom. The van der Waals surface area contributed by atoms with Gasteiger partial charge in [0.1, 0.15) is 27.6 Å². The summed E-state index contributed by atoms with van der Waals surface area (Å²) in [6, 6.07) is 6.34. The van der Waals surface area contributed by atoms with Gasteiger partial charge in [0.2, 0.25) is 10.0 Å². The number of sulfonamides is 1. The maximum absolute atomic E-state index is 13.4. The topological polar surface area (TPSA) is 154 Å². The zero-order chi connectivity index (χ0) is 27.9. The van der Waals surface area contributed by atoms with Crippen LogP contribution in [0.5, 0.6) is 5.88 Å². The fourth-order valence-electron chi connectivity index (χ4n) is 4.17. The summed E-state index contributed by atoms with van der Waals surface area (Å²) >= 11 is 5.79. The molecule has 0 aliphatic heterocycles. The number of aromatic nitrogens is 6. The molecule has 204 valence electrons. The SMILES string of the molecule is CN(c1ccn(C)n1)S(=O)(=O)C1(COc2nncc3cc(C(=O)NCc4ccc(Cl)nc4)c(=O)n(C)c23)CC1. The average Bonchev–Trinajstić information content (AvgIpc) is 3.61. The Bertz CT molecular complexity index is 1730. The van der Waals surface area contributed by atoms with Gasteiger partial charge in [0.05, 0.1) is 6.20 Å². The molecule has 1 N–H and O–H groups in total. The summed E-state index contributed by atoms with van der Waals surface area (Å²) in [6.45, 7) is -0.0392. The molecule has 4 heterocycles. The maximum Gasteiger partial charge on any atom is 0.263 e. The summed E-state index contributed by atoms with van der Waals surface area (Å²) in [5, 5.41) is 15.6. The van der Waals surface area contributed by atoms with Crippen molar-refractivity contribution in [3.8, 4) is 5.88 Å². The number of hydrogen-bond acceptors (Lipinski definition) is 9. The lowest BCUT2D eigenvalue weighted by atomic mass is 10.2. The monoisotopic (exact) mass is 572 g/mol. The molecule has 0 saturated heterocycles. The first-order chi connectivity index (χ1) is 18.5. The van der Waals surface area contributed by atoms with Gasteiger partial charge in [0.25, 0.3) is 17.3 Å². The molecule has 1 aliphatic rings. The lowest BCUT2D eigenvalue weighted by molar-refractivity contribution is 0.0949. The van der Waals surface area contributed by atoms with Gasteiger partial charge in [-0.1, -0.05) is 17.7 Å². The van der Waals surface area contributed by atoms with Crippen LogP contribution >= 0.6 is 11.6 Å². The summed E-state index contributed by atoms with van der Waals surface area (Å²) in [6.07, 6.45) is 5.39. The number of carbonyl (C=O) groups is 1. The van der Waals surface area contributed by atoms with Crippen LogP contribution in [-0.2, 0) is 30.7 Å². The molecular weight excluding hydrogens is 548 g/mol. The van der Waals surface area contributed by atoms with Gasteiger partial charge < -0.3 is 14.6 Å². The van der Waals surface area contributed by atoms with Gasteiger partial charge in [-0.25, -0.2) is 13.4 Å². The number of hydrogen-bond donors (Lipinski definition) is 1. The van der Waals surface area contributed by atoms with Crippen LogP contribution in [-0.4, -0.2) is 62.3 Å². The van der Waals surface area contributed by atoms with Gasteiger partial charge in [-0.15, -0.1) is 5.10 Å². The van der Waals surface area contributed by atoms with Crippen LogP contribution in [0, 0.1) is 0 Å². The molecule has 0 spiro atoms. The predicted molar refractivity (Wildman–Crippen MR) is 143 cm³/mol. The van der Waals surface area contributed by atoms with E-state index in [4.69, 9.17) is 16.3 Å². The number of fused-ring (bicyclic) bond motifs is 1. The van der Waals surface area contributed by atoms with Crippen LogP contribution in [0.25, 0.3) is 10.9 Å². The number of anilines is 1. The normalized spacial score (nSPS) is 14.3. The molecule has 4 aromatic heterocycles. The van der Waals surface area contributed by atoms with Gasteiger partial charge in [0.15, 0.2) is 5.82 Å². The highest BCUT2D eigenvalue weighted by atomic mass is 35.5. The van der Waals surface area contributed by atoms with Crippen LogP contribution in [0.4, 0.5) is 5.82 Å². The van der Waals surface area contributed by atoms with Crippen molar-refractivity contribution < 1.29 is 17.9 Å². The first-order valence-electron chi connectivity index (χ1n) is 11.9. The minimum atomic E-state index is -3.81. The Hall–Kier alpha value is -4.04. The van der Waals surface area contributed by atoms with Crippen molar-refractivity contribution >= 4 is 44.3 Å². The van der Waals surface area contributed by atoms with E-state index in [0.717, 1.165) is 4.31 Å². The van der Waals surface area contributed by atoms with Crippen molar-refractivity contribution in [2.75, 3.05) is 18.0 Å². The van der Waals surface area contributed by atoms with Gasteiger partial charge >= 0.3 is 0 Å². The maximum atomic E-state index is 13.4. The largest absolute Gasteiger partial charge is 0.473 e. The van der Waals surface area contributed by atoms with Crippen molar-refractivity contribution in [3.05, 3.63) is 69.5 Å². The van der Waals surface area contributed by atoms with Gasteiger partial charge in [-0.05, 0) is 30.5 Å². The predicted octanol–water partition coefficient (Wildman–Crippen LogP) is 1.42. The number of amides is 1. The minimum Gasteiger partial charge on any atom is -0.473 e. The number of carbonyl (C=O) groups excluding carboxylic acids is 1. The number of nitrogens with zero attached hydrogens (tertiary/aromatic N) is 7. The zero-order valence-electron chi connectivity index (χ0n) is 21.3. The Kier molecular flexibility index (Phi) is 6.76. The number of nitrogens with one attached hydrogen (secondary N) is 1. The second-order valence-electron chi connectivity index (χ2n) is 9.34. The third kappa shape index (κ3) is 4.92. The van der Waals surface area contributed by atoms with Crippen LogP contribution in [0.15, 0.2) is 47.7 Å². The van der Waals surface area contributed by atoms with Crippen molar-refractivity contribution in [2.24, 2.45) is 14.1 Å². The van der Waals surface area contributed by atoms with Crippen LogP contribution in [0.3, 0.4) is 0 Å². The van der Waals surface area contributed by atoms with E-state index >= 15 is 0 Å².